The molecule has 1 saturated carbocycles. The number of aryl methyl sites for hydroxylation is 1. The van der Waals surface area contributed by atoms with E-state index in [1.807, 2.05) is 0 Å². The van der Waals surface area contributed by atoms with Gasteiger partial charge in [-0.05, 0) is 56.7 Å². The molecule has 1 aromatic heterocycles. The molecule has 3 nitrogen and oxygen atoms in total. The Balaban J connectivity index is 1.60. The lowest BCUT2D eigenvalue weighted by atomic mass is 10.2. The Kier molecular flexibility index (Phi) is 4.78. The van der Waals surface area contributed by atoms with Gasteiger partial charge in [-0.3, -0.25) is 4.79 Å². The third kappa shape index (κ3) is 4.10. The fourth-order valence-corrected chi connectivity index (χ4v) is 2.98. The summed E-state index contributed by atoms with van der Waals surface area (Å²) in [6.07, 6.45) is 3.88. The first kappa shape index (κ1) is 13.6. The van der Waals surface area contributed by atoms with Crippen LogP contribution in [0.1, 0.15) is 49.1 Å². The predicted octanol–water partition coefficient (Wildman–Crippen LogP) is 2.77. The molecule has 1 unspecified atom stereocenters. The van der Waals surface area contributed by atoms with E-state index in [-0.39, 0.29) is 5.91 Å². The van der Waals surface area contributed by atoms with Crippen LogP contribution in [-0.2, 0) is 4.79 Å². The Morgan fingerprint density at radius 2 is 2.33 bits per heavy atom. The SMILES string of the molecule is Cc1ccsc1C(C)NCCCC(=O)NC1CC1. The molecule has 0 spiro atoms. The van der Waals surface area contributed by atoms with Gasteiger partial charge in [-0.25, -0.2) is 0 Å². The van der Waals surface area contributed by atoms with Gasteiger partial charge in [0.2, 0.25) is 5.91 Å². The molecule has 0 radical (unpaired) electrons. The van der Waals surface area contributed by atoms with Crippen LogP contribution in [0.2, 0.25) is 0 Å². The lowest BCUT2D eigenvalue weighted by molar-refractivity contribution is -0.121. The van der Waals surface area contributed by atoms with Crippen molar-refractivity contribution in [1.29, 1.82) is 0 Å². The second kappa shape index (κ2) is 6.34. The van der Waals surface area contributed by atoms with Gasteiger partial charge in [-0.15, -0.1) is 11.3 Å². The average molecular weight is 266 g/mol. The largest absolute Gasteiger partial charge is 0.353 e. The molecule has 0 saturated heterocycles. The number of thiophene rings is 1. The van der Waals surface area contributed by atoms with Gasteiger partial charge in [0, 0.05) is 23.4 Å². The summed E-state index contributed by atoms with van der Waals surface area (Å²) in [4.78, 5) is 12.9. The molecule has 100 valence electrons. The van der Waals surface area contributed by atoms with Crippen LogP contribution in [0.3, 0.4) is 0 Å². The number of carbonyl (C=O) groups excluding carboxylic acids is 1. The van der Waals surface area contributed by atoms with E-state index >= 15 is 0 Å². The zero-order chi connectivity index (χ0) is 13.0. The van der Waals surface area contributed by atoms with Crippen molar-refractivity contribution in [2.45, 2.75) is 51.6 Å². The van der Waals surface area contributed by atoms with Gasteiger partial charge >= 0.3 is 0 Å². The number of carbonyl (C=O) groups is 1. The summed E-state index contributed by atoms with van der Waals surface area (Å²) in [6, 6.07) is 3.02. The van der Waals surface area contributed by atoms with Crippen molar-refractivity contribution >= 4 is 17.2 Å². The Hall–Kier alpha value is -0.870. The summed E-state index contributed by atoms with van der Waals surface area (Å²) in [6.45, 7) is 5.23. The second-order valence-electron chi connectivity index (χ2n) is 5.09. The molecule has 1 amide bonds. The highest BCUT2D eigenvalue weighted by atomic mass is 32.1. The van der Waals surface area contributed by atoms with Gasteiger partial charge in [0.25, 0.3) is 0 Å². The van der Waals surface area contributed by atoms with Crippen molar-refractivity contribution in [3.63, 3.8) is 0 Å². The van der Waals surface area contributed by atoms with E-state index < -0.39 is 0 Å². The van der Waals surface area contributed by atoms with Crippen LogP contribution in [0.25, 0.3) is 0 Å². The van der Waals surface area contributed by atoms with Crippen LogP contribution < -0.4 is 10.6 Å². The molecule has 1 heterocycles. The monoisotopic (exact) mass is 266 g/mol. The van der Waals surface area contributed by atoms with Gasteiger partial charge in [0.1, 0.15) is 0 Å². The highest BCUT2D eigenvalue weighted by Crippen LogP contribution is 2.23. The molecule has 4 heteroatoms. The van der Waals surface area contributed by atoms with Crippen LogP contribution >= 0.6 is 11.3 Å². The summed E-state index contributed by atoms with van der Waals surface area (Å²) in [7, 11) is 0. The van der Waals surface area contributed by atoms with Crippen molar-refractivity contribution in [3.05, 3.63) is 21.9 Å². The molecule has 2 rings (SSSR count). The topological polar surface area (TPSA) is 41.1 Å². The Labute approximate surface area is 113 Å². The zero-order valence-electron chi connectivity index (χ0n) is 11.2. The first-order valence-electron chi connectivity index (χ1n) is 6.73. The van der Waals surface area contributed by atoms with E-state index in [0.29, 0.717) is 18.5 Å². The Morgan fingerprint density at radius 3 is 2.94 bits per heavy atom. The first-order chi connectivity index (χ1) is 8.66. The molecular weight excluding hydrogens is 244 g/mol. The Bertz CT molecular complexity index is 398. The molecule has 1 fully saturated rings. The maximum Gasteiger partial charge on any atom is 0.220 e. The molecule has 18 heavy (non-hydrogen) atoms. The maximum absolute atomic E-state index is 11.5. The van der Waals surface area contributed by atoms with Crippen molar-refractivity contribution in [3.8, 4) is 0 Å². The molecule has 1 aromatic rings. The smallest absolute Gasteiger partial charge is 0.220 e. The summed E-state index contributed by atoms with van der Waals surface area (Å²) >= 11 is 1.80. The molecule has 1 aliphatic rings. The minimum Gasteiger partial charge on any atom is -0.353 e. The second-order valence-corrected chi connectivity index (χ2v) is 6.04. The minimum atomic E-state index is 0.208. The van der Waals surface area contributed by atoms with Crippen molar-refractivity contribution in [1.82, 2.24) is 10.6 Å². The molecule has 0 aromatic carbocycles. The van der Waals surface area contributed by atoms with Crippen LogP contribution in [-0.4, -0.2) is 18.5 Å². The standard InChI is InChI=1S/C14H22N2OS/c1-10-7-9-18-14(10)11(2)15-8-3-4-13(17)16-12-5-6-12/h7,9,11-12,15H,3-6,8H2,1-2H3,(H,16,17). The number of amides is 1. The van der Waals surface area contributed by atoms with Crippen LogP contribution in [0, 0.1) is 6.92 Å². The highest BCUT2D eigenvalue weighted by Gasteiger charge is 2.22. The zero-order valence-corrected chi connectivity index (χ0v) is 12.0. The van der Waals surface area contributed by atoms with E-state index in [1.165, 1.54) is 23.3 Å². The van der Waals surface area contributed by atoms with Gasteiger partial charge in [-0.1, -0.05) is 0 Å². The molecule has 0 bridgehead atoms. The molecule has 2 N–H and O–H groups in total. The number of hydrogen-bond acceptors (Lipinski definition) is 3. The van der Waals surface area contributed by atoms with Gasteiger partial charge in [-0.2, -0.15) is 0 Å². The fourth-order valence-electron chi connectivity index (χ4n) is 2.02. The summed E-state index contributed by atoms with van der Waals surface area (Å²) < 4.78 is 0. The highest BCUT2D eigenvalue weighted by molar-refractivity contribution is 7.10. The summed E-state index contributed by atoms with van der Waals surface area (Å²) in [5.41, 5.74) is 1.35. The maximum atomic E-state index is 11.5. The first-order valence-corrected chi connectivity index (χ1v) is 7.61. The average Bonchev–Trinajstić information content (AvgIpc) is 3.04. The van der Waals surface area contributed by atoms with Gasteiger partial charge in [0.15, 0.2) is 0 Å². The molecule has 0 aliphatic heterocycles. The van der Waals surface area contributed by atoms with E-state index in [1.54, 1.807) is 11.3 Å². The molecular formula is C14H22N2OS. The van der Waals surface area contributed by atoms with Crippen molar-refractivity contribution < 1.29 is 4.79 Å². The van der Waals surface area contributed by atoms with E-state index in [0.717, 1.165) is 13.0 Å². The third-order valence-electron chi connectivity index (χ3n) is 3.27. The number of hydrogen-bond donors (Lipinski definition) is 2. The third-order valence-corrected chi connectivity index (χ3v) is 4.47. The van der Waals surface area contributed by atoms with E-state index in [2.05, 4.69) is 35.9 Å². The normalized spacial score (nSPS) is 16.6. The van der Waals surface area contributed by atoms with Crippen LogP contribution in [0.15, 0.2) is 11.4 Å². The van der Waals surface area contributed by atoms with Crippen molar-refractivity contribution in [2.24, 2.45) is 0 Å². The van der Waals surface area contributed by atoms with Gasteiger partial charge in [0.05, 0.1) is 0 Å². The number of rotatable bonds is 7. The van der Waals surface area contributed by atoms with Gasteiger partial charge < -0.3 is 10.6 Å². The quantitative estimate of drug-likeness (QED) is 0.745. The Morgan fingerprint density at radius 1 is 1.56 bits per heavy atom. The lowest BCUT2D eigenvalue weighted by Gasteiger charge is -2.13. The van der Waals surface area contributed by atoms with Crippen LogP contribution in [0.4, 0.5) is 0 Å². The van der Waals surface area contributed by atoms with E-state index in [9.17, 15) is 4.79 Å². The molecule has 1 aliphatic carbocycles. The molecule has 1 atom stereocenters. The van der Waals surface area contributed by atoms with E-state index in [4.69, 9.17) is 0 Å². The lowest BCUT2D eigenvalue weighted by Crippen LogP contribution is -2.27. The van der Waals surface area contributed by atoms with Crippen molar-refractivity contribution in [2.75, 3.05) is 6.54 Å². The summed E-state index contributed by atoms with van der Waals surface area (Å²) in [5, 5.41) is 8.63. The van der Waals surface area contributed by atoms with Crippen LogP contribution in [0.5, 0.6) is 0 Å². The minimum absolute atomic E-state index is 0.208. The predicted molar refractivity (Wildman–Crippen MR) is 75.9 cm³/mol. The summed E-state index contributed by atoms with van der Waals surface area (Å²) in [5.74, 6) is 0.208. The fraction of sp³-hybridized carbons (Fsp3) is 0.643. The number of nitrogens with one attached hydrogen (secondary N) is 2.